The van der Waals surface area contributed by atoms with Crippen LogP contribution < -0.4 is 0 Å². The summed E-state index contributed by atoms with van der Waals surface area (Å²) in [4.78, 5) is 12.3. The number of benzene rings is 2. The first-order chi connectivity index (χ1) is 10.9. The van der Waals surface area contributed by atoms with Gasteiger partial charge in [0, 0.05) is 24.4 Å². The molecular weight excluding hydrogens is 310 g/mol. The van der Waals surface area contributed by atoms with E-state index in [0.717, 1.165) is 5.56 Å². The van der Waals surface area contributed by atoms with Crippen LogP contribution in [0.4, 0.5) is 0 Å². The van der Waals surface area contributed by atoms with E-state index >= 15 is 0 Å². The number of nitrogens with zero attached hydrogens (tertiary/aromatic N) is 1. The highest BCUT2D eigenvalue weighted by Gasteiger charge is 2.20. The van der Waals surface area contributed by atoms with Gasteiger partial charge >= 0.3 is 0 Å². The molecule has 4 nitrogen and oxygen atoms in total. The largest absolute Gasteiger partial charge is 0.289 e. The van der Waals surface area contributed by atoms with Gasteiger partial charge < -0.3 is 0 Å². The minimum Gasteiger partial charge on any atom is -0.289 e. The third-order valence-electron chi connectivity index (χ3n) is 3.39. The van der Waals surface area contributed by atoms with Crippen LogP contribution in [0.3, 0.4) is 0 Å². The Hall–Kier alpha value is -2.40. The fourth-order valence-electron chi connectivity index (χ4n) is 2.05. The van der Waals surface area contributed by atoms with Crippen LogP contribution in [0.2, 0.25) is 0 Å². The predicted octanol–water partition coefficient (Wildman–Crippen LogP) is 3.40. The number of sulfonamides is 1. The number of carbonyl (C=O) groups is 1. The number of hydrogen-bond donors (Lipinski definition) is 0. The Morgan fingerprint density at radius 1 is 1.04 bits per heavy atom. The second-order valence-corrected chi connectivity index (χ2v) is 6.96. The monoisotopic (exact) mass is 329 g/mol. The Labute approximate surface area is 137 Å². The number of carbonyl (C=O) groups excluding carboxylic acids is 1. The molecule has 0 aliphatic heterocycles. The molecule has 0 unspecified atom stereocenters. The summed E-state index contributed by atoms with van der Waals surface area (Å²) in [6.07, 6.45) is 2.61. The van der Waals surface area contributed by atoms with Gasteiger partial charge in [0.05, 0.1) is 4.90 Å². The fourth-order valence-corrected chi connectivity index (χ4v) is 3.36. The summed E-state index contributed by atoms with van der Waals surface area (Å²) < 4.78 is 26.3. The average molecular weight is 329 g/mol. The first-order valence-electron chi connectivity index (χ1n) is 7.31. The number of allylic oxidation sites excluding steroid dienone is 1. The van der Waals surface area contributed by atoms with Gasteiger partial charge in [-0.3, -0.25) is 9.10 Å². The van der Waals surface area contributed by atoms with Gasteiger partial charge in [-0.1, -0.05) is 48.0 Å². The Kier molecular flexibility index (Phi) is 5.34. The number of ketones is 1. The molecular formula is C18H19NO3S. The Morgan fingerprint density at radius 3 is 2.22 bits per heavy atom. The van der Waals surface area contributed by atoms with Gasteiger partial charge in [0.25, 0.3) is 10.0 Å². The quantitative estimate of drug-likeness (QED) is 0.603. The van der Waals surface area contributed by atoms with E-state index in [1.165, 1.54) is 16.6 Å². The van der Waals surface area contributed by atoms with Crippen LogP contribution in [0.15, 0.2) is 71.8 Å². The molecule has 2 rings (SSSR count). The minimum atomic E-state index is -3.65. The molecule has 0 N–H and O–H groups in total. The summed E-state index contributed by atoms with van der Waals surface area (Å²) in [6.45, 7) is 3.87. The van der Waals surface area contributed by atoms with Crippen LogP contribution in [0, 0.1) is 6.92 Å². The van der Waals surface area contributed by atoms with E-state index < -0.39 is 10.0 Å². The Balaban J connectivity index is 2.24. The first kappa shape index (κ1) is 17.0. The van der Waals surface area contributed by atoms with Gasteiger partial charge in [-0.05, 0) is 26.0 Å². The van der Waals surface area contributed by atoms with Gasteiger partial charge in [0.2, 0.25) is 0 Å². The van der Waals surface area contributed by atoms with Crippen molar-refractivity contribution in [2.24, 2.45) is 0 Å². The molecule has 0 amide bonds. The van der Waals surface area contributed by atoms with E-state index in [1.807, 2.05) is 13.0 Å². The van der Waals surface area contributed by atoms with Crippen molar-refractivity contribution in [3.8, 4) is 0 Å². The number of aryl methyl sites for hydroxylation is 1. The lowest BCUT2D eigenvalue weighted by Gasteiger charge is -2.18. The number of rotatable bonds is 6. The van der Waals surface area contributed by atoms with E-state index in [4.69, 9.17) is 0 Å². The van der Waals surface area contributed by atoms with Crippen molar-refractivity contribution in [2.45, 2.75) is 18.7 Å². The van der Waals surface area contributed by atoms with Crippen molar-refractivity contribution in [1.29, 1.82) is 0 Å². The maximum absolute atomic E-state index is 12.6. The molecule has 2 aromatic carbocycles. The van der Waals surface area contributed by atoms with Gasteiger partial charge in [-0.2, -0.15) is 0 Å². The normalized spacial score (nSPS) is 11.6. The lowest BCUT2D eigenvalue weighted by Crippen LogP contribution is -2.26. The molecule has 0 aromatic heterocycles. The molecule has 0 saturated carbocycles. The smallest absolute Gasteiger partial charge is 0.263 e. The molecule has 0 aliphatic rings. The molecule has 23 heavy (non-hydrogen) atoms. The fraction of sp³-hybridized carbons (Fsp3) is 0.167. The Morgan fingerprint density at radius 2 is 1.65 bits per heavy atom. The van der Waals surface area contributed by atoms with Crippen LogP contribution >= 0.6 is 0 Å². The summed E-state index contributed by atoms with van der Waals surface area (Å²) >= 11 is 0. The minimum absolute atomic E-state index is 0.210. The van der Waals surface area contributed by atoms with Crippen molar-refractivity contribution in [3.05, 3.63) is 78.0 Å². The topological polar surface area (TPSA) is 54.5 Å². The zero-order chi connectivity index (χ0) is 16.9. The zero-order valence-corrected chi connectivity index (χ0v) is 14.0. The van der Waals surface area contributed by atoms with Crippen molar-refractivity contribution < 1.29 is 13.2 Å². The highest BCUT2D eigenvalue weighted by atomic mass is 32.2. The summed E-state index contributed by atoms with van der Waals surface area (Å²) in [6, 6.07) is 15.4. The van der Waals surface area contributed by atoms with E-state index in [2.05, 4.69) is 0 Å². The summed E-state index contributed by atoms with van der Waals surface area (Å²) in [5, 5.41) is 0. The van der Waals surface area contributed by atoms with Gasteiger partial charge in [-0.15, -0.1) is 0 Å². The van der Waals surface area contributed by atoms with Gasteiger partial charge in [0.15, 0.2) is 5.78 Å². The molecule has 0 bridgehead atoms. The summed E-state index contributed by atoms with van der Waals surface area (Å²) in [7, 11) is -3.65. The Bertz CT molecular complexity index is 794. The van der Waals surface area contributed by atoms with Crippen molar-refractivity contribution in [3.63, 3.8) is 0 Å². The van der Waals surface area contributed by atoms with Crippen LogP contribution in [0.1, 0.15) is 22.8 Å². The molecule has 0 fully saturated rings. The number of hydrogen-bond acceptors (Lipinski definition) is 3. The highest BCUT2D eigenvalue weighted by Crippen LogP contribution is 2.16. The molecule has 0 atom stereocenters. The predicted molar refractivity (Wildman–Crippen MR) is 90.7 cm³/mol. The molecule has 5 heteroatoms. The SMILES string of the molecule is CCN(/C=C/C(=O)c1ccccc1)S(=O)(=O)c1ccc(C)cc1. The lowest BCUT2D eigenvalue weighted by atomic mass is 10.1. The second-order valence-electron chi connectivity index (χ2n) is 5.07. The standard InChI is InChI=1S/C18H19NO3S/c1-3-19(14-13-18(20)16-7-5-4-6-8-16)23(21,22)17-11-9-15(2)10-12-17/h4-14H,3H2,1-2H3/b14-13+. The first-order valence-corrected chi connectivity index (χ1v) is 8.75. The maximum atomic E-state index is 12.6. The zero-order valence-electron chi connectivity index (χ0n) is 13.1. The van der Waals surface area contributed by atoms with Crippen LogP contribution in [-0.2, 0) is 10.0 Å². The van der Waals surface area contributed by atoms with Gasteiger partial charge in [0.1, 0.15) is 0 Å². The molecule has 0 aliphatic carbocycles. The molecule has 0 saturated heterocycles. The second kappa shape index (κ2) is 7.24. The van der Waals surface area contributed by atoms with Crippen molar-refractivity contribution >= 4 is 15.8 Å². The van der Waals surface area contributed by atoms with Crippen LogP contribution in [0.25, 0.3) is 0 Å². The third kappa shape index (κ3) is 4.07. The molecule has 2 aromatic rings. The van der Waals surface area contributed by atoms with Crippen LogP contribution in [0.5, 0.6) is 0 Å². The van der Waals surface area contributed by atoms with Crippen molar-refractivity contribution in [1.82, 2.24) is 4.31 Å². The molecule has 0 heterocycles. The van der Waals surface area contributed by atoms with E-state index in [0.29, 0.717) is 5.56 Å². The molecule has 0 spiro atoms. The lowest BCUT2D eigenvalue weighted by molar-refractivity contribution is 0.104. The van der Waals surface area contributed by atoms with Crippen LogP contribution in [-0.4, -0.2) is 25.1 Å². The van der Waals surface area contributed by atoms with E-state index in [1.54, 1.807) is 55.5 Å². The highest BCUT2D eigenvalue weighted by molar-refractivity contribution is 7.89. The van der Waals surface area contributed by atoms with Crippen molar-refractivity contribution in [2.75, 3.05) is 6.54 Å². The van der Waals surface area contributed by atoms with E-state index in [-0.39, 0.29) is 17.2 Å². The molecule has 0 radical (unpaired) electrons. The summed E-state index contributed by atoms with van der Waals surface area (Å²) in [5.74, 6) is -0.233. The summed E-state index contributed by atoms with van der Waals surface area (Å²) in [5.41, 5.74) is 1.51. The molecule has 120 valence electrons. The van der Waals surface area contributed by atoms with Gasteiger partial charge in [-0.25, -0.2) is 8.42 Å². The maximum Gasteiger partial charge on any atom is 0.263 e. The third-order valence-corrected chi connectivity index (χ3v) is 5.25. The average Bonchev–Trinajstić information content (AvgIpc) is 2.56. The van der Waals surface area contributed by atoms with E-state index in [9.17, 15) is 13.2 Å².